The zero-order chi connectivity index (χ0) is 11.1. The molecular weight excluding hydrogens is 215 g/mol. The fourth-order valence-electron chi connectivity index (χ4n) is 1.02. The predicted octanol–water partition coefficient (Wildman–Crippen LogP) is 2.00. The maximum atomic E-state index is 12.3. The van der Waals surface area contributed by atoms with E-state index in [1.54, 1.807) is 0 Å². The van der Waals surface area contributed by atoms with E-state index < -0.39 is 22.2 Å². The normalized spacial score (nSPS) is 11.9. The summed E-state index contributed by atoms with van der Waals surface area (Å²) in [7, 11) is 1.40. The number of hydrogen-bond donors (Lipinski definition) is 1. The minimum atomic E-state index is -4.53. The molecule has 0 saturated carbocycles. The van der Waals surface area contributed by atoms with Gasteiger partial charge in [-0.05, 0) is 13.0 Å². The van der Waals surface area contributed by atoms with Crippen molar-refractivity contribution in [3.05, 3.63) is 27.7 Å². The Bertz CT molecular complexity index is 422. The van der Waals surface area contributed by atoms with E-state index in [9.17, 15) is 18.0 Å². The van der Waals surface area contributed by atoms with Gasteiger partial charge in [-0.3, -0.25) is 4.79 Å². The predicted molar refractivity (Wildman–Crippen MR) is 48.7 cm³/mol. The van der Waals surface area contributed by atoms with Crippen LogP contribution in [0.4, 0.5) is 13.2 Å². The van der Waals surface area contributed by atoms with Gasteiger partial charge in [0.1, 0.15) is 0 Å². The fraction of sp³-hybridized carbons (Fsp3) is 0.375. The summed E-state index contributed by atoms with van der Waals surface area (Å²) in [6.07, 6.45) is -4.53. The molecule has 0 saturated heterocycles. The average Bonchev–Trinajstić information content (AvgIpc) is 2.06. The minimum absolute atomic E-state index is 0.250. The summed E-state index contributed by atoms with van der Waals surface area (Å²) >= 11 is 3.57. The Morgan fingerprint density at radius 1 is 1.43 bits per heavy atom. The second-order valence-corrected chi connectivity index (χ2v) is 3.36. The van der Waals surface area contributed by atoms with Gasteiger partial charge in [0, 0.05) is 12.7 Å². The summed E-state index contributed by atoms with van der Waals surface area (Å²) in [5.41, 5.74) is -1.47. The summed E-state index contributed by atoms with van der Waals surface area (Å²) in [4.78, 5) is 10.7. The van der Waals surface area contributed by atoms with Crippen molar-refractivity contribution in [2.45, 2.75) is 18.0 Å². The molecule has 1 heterocycles. The lowest BCUT2D eigenvalue weighted by molar-refractivity contribution is -0.140. The number of alkyl halides is 3. The molecule has 1 aromatic rings. The number of aromatic nitrogens is 1. The molecule has 1 aromatic heterocycles. The van der Waals surface area contributed by atoms with Crippen molar-refractivity contribution in [3.63, 3.8) is 0 Å². The molecule has 0 amide bonds. The Hall–Kier alpha value is -0.910. The molecule has 0 aliphatic rings. The third kappa shape index (κ3) is 1.79. The minimum Gasteiger partial charge on any atom is -0.315 e. The standard InChI is InChI=1S/C8H8F3NOS/c1-4-3-5(8(9,10)11)6(14)7(13)12(4)2/h3,14H,1-2H3. The van der Waals surface area contributed by atoms with Gasteiger partial charge in [-0.2, -0.15) is 13.2 Å². The van der Waals surface area contributed by atoms with Crippen molar-refractivity contribution in [3.8, 4) is 0 Å². The smallest absolute Gasteiger partial charge is 0.315 e. The van der Waals surface area contributed by atoms with E-state index in [2.05, 4.69) is 12.6 Å². The molecular formula is C8H8F3NOS. The highest BCUT2D eigenvalue weighted by molar-refractivity contribution is 7.80. The molecule has 1 rings (SSSR count). The van der Waals surface area contributed by atoms with Gasteiger partial charge in [-0.15, -0.1) is 12.6 Å². The van der Waals surface area contributed by atoms with Crippen LogP contribution in [0.25, 0.3) is 0 Å². The summed E-state index contributed by atoms with van der Waals surface area (Å²) in [5, 5.41) is 0. The van der Waals surface area contributed by atoms with Crippen molar-refractivity contribution >= 4 is 12.6 Å². The first-order valence-corrected chi connectivity index (χ1v) is 4.16. The summed E-state index contributed by atoms with van der Waals surface area (Å²) in [6.45, 7) is 1.43. The fourth-order valence-corrected chi connectivity index (χ4v) is 1.37. The lowest BCUT2D eigenvalue weighted by Crippen LogP contribution is -2.24. The van der Waals surface area contributed by atoms with Crippen molar-refractivity contribution in [2.24, 2.45) is 7.05 Å². The van der Waals surface area contributed by atoms with E-state index in [-0.39, 0.29) is 5.69 Å². The van der Waals surface area contributed by atoms with Crippen LogP contribution in [0.1, 0.15) is 11.3 Å². The maximum Gasteiger partial charge on any atom is 0.417 e. The van der Waals surface area contributed by atoms with E-state index >= 15 is 0 Å². The second-order valence-electron chi connectivity index (χ2n) is 2.91. The maximum absolute atomic E-state index is 12.3. The zero-order valence-corrected chi connectivity index (χ0v) is 8.41. The SMILES string of the molecule is Cc1cc(C(F)(F)F)c(S)c(=O)n1C. The Balaban J connectivity index is 3.58. The van der Waals surface area contributed by atoms with Crippen LogP contribution in [0, 0.1) is 6.92 Å². The lowest BCUT2D eigenvalue weighted by Gasteiger charge is -2.12. The van der Waals surface area contributed by atoms with Gasteiger partial charge in [-0.1, -0.05) is 0 Å². The van der Waals surface area contributed by atoms with Crippen LogP contribution in [0.3, 0.4) is 0 Å². The number of halogens is 3. The number of aryl methyl sites for hydroxylation is 1. The number of thiol groups is 1. The lowest BCUT2D eigenvalue weighted by atomic mass is 10.2. The van der Waals surface area contributed by atoms with Gasteiger partial charge in [0.2, 0.25) is 0 Å². The highest BCUT2D eigenvalue weighted by atomic mass is 32.1. The highest BCUT2D eigenvalue weighted by Crippen LogP contribution is 2.32. The molecule has 0 fully saturated rings. The van der Waals surface area contributed by atoms with E-state index in [4.69, 9.17) is 0 Å². The third-order valence-electron chi connectivity index (χ3n) is 1.95. The van der Waals surface area contributed by atoms with Crippen LogP contribution < -0.4 is 5.56 Å². The van der Waals surface area contributed by atoms with Crippen LogP contribution >= 0.6 is 12.6 Å². The van der Waals surface area contributed by atoms with Crippen LogP contribution in [-0.2, 0) is 13.2 Å². The molecule has 0 aliphatic heterocycles. The van der Waals surface area contributed by atoms with Gasteiger partial charge < -0.3 is 4.57 Å². The molecule has 6 heteroatoms. The molecule has 0 spiro atoms. The van der Waals surface area contributed by atoms with E-state index in [0.717, 1.165) is 10.6 Å². The van der Waals surface area contributed by atoms with Crippen molar-refractivity contribution in [1.29, 1.82) is 0 Å². The van der Waals surface area contributed by atoms with Crippen LogP contribution in [0.15, 0.2) is 15.8 Å². The first kappa shape index (κ1) is 11.2. The van der Waals surface area contributed by atoms with E-state index in [1.807, 2.05) is 0 Å². The molecule has 78 valence electrons. The summed E-state index contributed by atoms with van der Waals surface area (Å²) < 4.78 is 38.2. The number of rotatable bonds is 0. The largest absolute Gasteiger partial charge is 0.417 e. The van der Waals surface area contributed by atoms with Crippen LogP contribution in [0.2, 0.25) is 0 Å². The molecule has 0 bridgehead atoms. The second kappa shape index (κ2) is 3.34. The van der Waals surface area contributed by atoms with Gasteiger partial charge in [0.25, 0.3) is 5.56 Å². The van der Waals surface area contributed by atoms with Gasteiger partial charge in [-0.25, -0.2) is 0 Å². The third-order valence-corrected chi connectivity index (χ3v) is 2.38. The van der Waals surface area contributed by atoms with Gasteiger partial charge in [0.15, 0.2) is 0 Å². The summed E-state index contributed by atoms with van der Waals surface area (Å²) in [5.74, 6) is 0. The van der Waals surface area contributed by atoms with Crippen molar-refractivity contribution < 1.29 is 13.2 Å². The first-order chi connectivity index (χ1) is 6.25. The molecule has 2 nitrogen and oxygen atoms in total. The topological polar surface area (TPSA) is 22.0 Å². The number of nitrogens with zero attached hydrogens (tertiary/aromatic N) is 1. The first-order valence-electron chi connectivity index (χ1n) is 3.72. The van der Waals surface area contributed by atoms with Crippen molar-refractivity contribution in [2.75, 3.05) is 0 Å². The monoisotopic (exact) mass is 223 g/mol. The van der Waals surface area contributed by atoms with Gasteiger partial charge >= 0.3 is 6.18 Å². The van der Waals surface area contributed by atoms with Gasteiger partial charge in [0.05, 0.1) is 10.5 Å². The highest BCUT2D eigenvalue weighted by Gasteiger charge is 2.34. The molecule has 0 N–H and O–H groups in total. The molecule has 0 aliphatic carbocycles. The zero-order valence-electron chi connectivity index (χ0n) is 7.51. The molecule has 0 atom stereocenters. The van der Waals surface area contributed by atoms with E-state index in [1.165, 1.54) is 14.0 Å². The van der Waals surface area contributed by atoms with Crippen LogP contribution in [-0.4, -0.2) is 4.57 Å². The average molecular weight is 223 g/mol. The number of hydrogen-bond acceptors (Lipinski definition) is 2. The Morgan fingerprint density at radius 2 is 1.93 bits per heavy atom. The Labute approximate surface area is 83.8 Å². The molecule has 0 unspecified atom stereocenters. The Morgan fingerprint density at radius 3 is 2.36 bits per heavy atom. The van der Waals surface area contributed by atoms with Crippen LogP contribution in [0.5, 0.6) is 0 Å². The quantitative estimate of drug-likeness (QED) is 0.668. The van der Waals surface area contributed by atoms with E-state index in [0.29, 0.717) is 0 Å². The summed E-state index contributed by atoms with van der Waals surface area (Å²) in [6, 6.07) is 0.906. The Kier molecular flexibility index (Phi) is 2.67. The molecule has 0 radical (unpaired) electrons. The van der Waals surface area contributed by atoms with Crippen molar-refractivity contribution in [1.82, 2.24) is 4.57 Å². The molecule has 0 aromatic carbocycles. The molecule has 14 heavy (non-hydrogen) atoms. The number of pyridine rings is 1.